The van der Waals surface area contributed by atoms with E-state index in [1.807, 2.05) is 6.92 Å². The monoisotopic (exact) mass is 299 g/mol. The zero-order chi connectivity index (χ0) is 14.9. The van der Waals surface area contributed by atoms with Gasteiger partial charge in [0.25, 0.3) is 5.91 Å². The lowest BCUT2D eigenvalue weighted by atomic mass is 9.92. The number of carboxylic acid groups (broad SMARTS) is 1. The Morgan fingerprint density at radius 3 is 2.75 bits per heavy atom. The molecule has 2 unspecified atom stereocenters. The van der Waals surface area contributed by atoms with Gasteiger partial charge in [-0.05, 0) is 30.9 Å². The van der Waals surface area contributed by atoms with Gasteiger partial charge in [0.2, 0.25) is 0 Å². The predicted molar refractivity (Wildman–Crippen MR) is 72.3 cm³/mol. The minimum atomic E-state index is -1.07. The summed E-state index contributed by atoms with van der Waals surface area (Å²) in [7, 11) is 0. The van der Waals surface area contributed by atoms with Gasteiger partial charge in [-0.25, -0.2) is 9.18 Å². The number of carbonyl (C=O) groups excluding carboxylic acids is 1. The molecule has 0 spiro atoms. The maximum absolute atomic E-state index is 13.8. The number of piperidine rings is 1. The molecule has 1 saturated heterocycles. The van der Waals surface area contributed by atoms with E-state index >= 15 is 0 Å². The van der Waals surface area contributed by atoms with E-state index in [0.29, 0.717) is 19.4 Å². The van der Waals surface area contributed by atoms with Gasteiger partial charge >= 0.3 is 5.97 Å². The maximum atomic E-state index is 13.8. The third-order valence-corrected chi connectivity index (χ3v) is 3.90. The van der Waals surface area contributed by atoms with Crippen LogP contribution in [-0.4, -0.2) is 34.5 Å². The van der Waals surface area contributed by atoms with Gasteiger partial charge in [0.05, 0.1) is 10.6 Å². The van der Waals surface area contributed by atoms with Crippen LogP contribution in [0.3, 0.4) is 0 Å². The van der Waals surface area contributed by atoms with E-state index in [0.717, 1.165) is 6.07 Å². The first kappa shape index (κ1) is 14.8. The topological polar surface area (TPSA) is 57.6 Å². The number of benzene rings is 1. The minimum absolute atomic E-state index is 0.00207. The van der Waals surface area contributed by atoms with Crippen LogP contribution in [-0.2, 0) is 4.79 Å². The van der Waals surface area contributed by atoms with Gasteiger partial charge < -0.3 is 10.0 Å². The minimum Gasteiger partial charge on any atom is -0.480 e. The zero-order valence-electron chi connectivity index (χ0n) is 11.0. The van der Waals surface area contributed by atoms with Gasteiger partial charge in [0, 0.05) is 6.54 Å². The molecular formula is C14H15ClFNO3. The summed E-state index contributed by atoms with van der Waals surface area (Å²) in [5.41, 5.74) is -0.255. The van der Waals surface area contributed by atoms with Gasteiger partial charge in [-0.1, -0.05) is 24.6 Å². The number of hydrogen-bond donors (Lipinski definition) is 1. The Morgan fingerprint density at radius 1 is 1.45 bits per heavy atom. The van der Waals surface area contributed by atoms with Crippen LogP contribution in [0.5, 0.6) is 0 Å². The van der Waals surface area contributed by atoms with Crippen molar-refractivity contribution in [3.8, 4) is 0 Å². The molecule has 4 nitrogen and oxygen atoms in total. The van der Waals surface area contributed by atoms with Gasteiger partial charge in [-0.2, -0.15) is 0 Å². The molecular weight excluding hydrogens is 285 g/mol. The molecule has 1 aliphatic heterocycles. The molecule has 1 aliphatic rings. The third kappa shape index (κ3) is 2.77. The highest BCUT2D eigenvalue weighted by atomic mass is 35.5. The van der Waals surface area contributed by atoms with Crippen LogP contribution in [0.2, 0.25) is 5.02 Å². The van der Waals surface area contributed by atoms with Crippen LogP contribution in [0.4, 0.5) is 4.39 Å². The molecule has 1 amide bonds. The molecule has 1 aromatic rings. The van der Waals surface area contributed by atoms with Crippen molar-refractivity contribution in [3.63, 3.8) is 0 Å². The molecule has 6 heteroatoms. The van der Waals surface area contributed by atoms with E-state index in [1.54, 1.807) is 0 Å². The summed E-state index contributed by atoms with van der Waals surface area (Å²) in [5, 5.41) is 9.24. The average Bonchev–Trinajstić information content (AvgIpc) is 2.38. The van der Waals surface area contributed by atoms with Crippen molar-refractivity contribution in [2.45, 2.75) is 25.8 Å². The Balaban J connectivity index is 2.34. The summed E-state index contributed by atoms with van der Waals surface area (Å²) >= 11 is 5.86. The second-order valence-electron chi connectivity index (χ2n) is 5.08. The van der Waals surface area contributed by atoms with Crippen LogP contribution in [0.15, 0.2) is 18.2 Å². The fourth-order valence-electron chi connectivity index (χ4n) is 2.46. The maximum Gasteiger partial charge on any atom is 0.326 e. The molecule has 20 heavy (non-hydrogen) atoms. The average molecular weight is 300 g/mol. The summed E-state index contributed by atoms with van der Waals surface area (Å²) in [6.07, 6.45) is 1.06. The fourth-order valence-corrected chi connectivity index (χ4v) is 2.71. The summed E-state index contributed by atoms with van der Waals surface area (Å²) in [5.74, 6) is -2.24. The van der Waals surface area contributed by atoms with E-state index in [1.165, 1.54) is 17.0 Å². The predicted octanol–water partition coefficient (Wildman–Crippen LogP) is 2.80. The van der Waals surface area contributed by atoms with Crippen molar-refractivity contribution in [1.82, 2.24) is 4.90 Å². The summed E-state index contributed by atoms with van der Waals surface area (Å²) in [6, 6.07) is 3.03. The molecule has 0 bridgehead atoms. The summed E-state index contributed by atoms with van der Waals surface area (Å²) < 4.78 is 13.8. The van der Waals surface area contributed by atoms with Crippen molar-refractivity contribution in [1.29, 1.82) is 0 Å². The second-order valence-corrected chi connectivity index (χ2v) is 5.49. The fraction of sp³-hybridized carbons (Fsp3) is 0.429. The Bertz CT molecular complexity index is 529. The number of aliphatic carboxylic acids is 1. The largest absolute Gasteiger partial charge is 0.480 e. The molecule has 0 aromatic heterocycles. The van der Waals surface area contributed by atoms with E-state index in [2.05, 4.69) is 0 Å². The molecule has 2 atom stereocenters. The van der Waals surface area contributed by atoms with E-state index in [9.17, 15) is 19.1 Å². The van der Waals surface area contributed by atoms with Gasteiger partial charge in [0.1, 0.15) is 11.9 Å². The number of likely N-dealkylation sites (tertiary alicyclic amines) is 1. The molecule has 108 valence electrons. The van der Waals surface area contributed by atoms with Crippen molar-refractivity contribution in [3.05, 3.63) is 34.6 Å². The lowest BCUT2D eigenvalue weighted by Crippen LogP contribution is -2.50. The number of nitrogens with zero attached hydrogens (tertiary/aromatic N) is 1. The first-order valence-corrected chi connectivity index (χ1v) is 6.77. The molecule has 1 aromatic carbocycles. The van der Waals surface area contributed by atoms with Gasteiger partial charge in [-0.15, -0.1) is 0 Å². The van der Waals surface area contributed by atoms with Crippen LogP contribution in [0, 0.1) is 11.7 Å². The van der Waals surface area contributed by atoms with Crippen LogP contribution in [0.1, 0.15) is 30.1 Å². The standard InChI is InChI=1S/C14H15ClFNO3/c1-8-5-6-17(11(7-8)14(19)20)13(18)12-9(15)3-2-4-10(12)16/h2-4,8,11H,5-7H2,1H3,(H,19,20). The third-order valence-electron chi connectivity index (χ3n) is 3.59. The first-order chi connectivity index (χ1) is 9.41. The Morgan fingerprint density at radius 2 is 2.15 bits per heavy atom. The molecule has 1 heterocycles. The van der Waals surface area contributed by atoms with Crippen molar-refractivity contribution in [2.75, 3.05) is 6.54 Å². The highest BCUT2D eigenvalue weighted by Gasteiger charge is 2.36. The van der Waals surface area contributed by atoms with Crippen molar-refractivity contribution < 1.29 is 19.1 Å². The Kier molecular flexibility index (Phi) is 4.28. The Hall–Kier alpha value is -1.62. The number of amides is 1. The van der Waals surface area contributed by atoms with Crippen LogP contribution < -0.4 is 0 Å². The number of carbonyl (C=O) groups is 2. The molecule has 2 rings (SSSR count). The number of hydrogen-bond acceptors (Lipinski definition) is 2. The lowest BCUT2D eigenvalue weighted by Gasteiger charge is -2.36. The summed E-state index contributed by atoms with van der Waals surface area (Å²) in [4.78, 5) is 24.9. The van der Waals surface area contributed by atoms with Crippen LogP contribution >= 0.6 is 11.6 Å². The second kappa shape index (κ2) is 5.79. The SMILES string of the molecule is CC1CCN(C(=O)c2c(F)cccc2Cl)C(C(=O)O)C1. The number of carboxylic acids is 1. The molecule has 1 fully saturated rings. The molecule has 0 aliphatic carbocycles. The van der Waals surface area contributed by atoms with E-state index < -0.39 is 23.7 Å². The zero-order valence-corrected chi connectivity index (χ0v) is 11.7. The highest BCUT2D eigenvalue weighted by Crippen LogP contribution is 2.27. The smallest absolute Gasteiger partial charge is 0.326 e. The van der Waals surface area contributed by atoms with Gasteiger partial charge in [0.15, 0.2) is 0 Å². The van der Waals surface area contributed by atoms with Crippen molar-refractivity contribution >= 4 is 23.5 Å². The quantitative estimate of drug-likeness (QED) is 0.913. The first-order valence-electron chi connectivity index (χ1n) is 6.39. The normalized spacial score (nSPS) is 22.6. The lowest BCUT2D eigenvalue weighted by molar-refractivity contribution is -0.144. The number of halogens is 2. The van der Waals surface area contributed by atoms with Gasteiger partial charge in [-0.3, -0.25) is 4.79 Å². The van der Waals surface area contributed by atoms with E-state index in [4.69, 9.17) is 11.6 Å². The molecule has 1 N–H and O–H groups in total. The molecule has 0 saturated carbocycles. The van der Waals surface area contributed by atoms with E-state index in [-0.39, 0.29) is 16.5 Å². The highest BCUT2D eigenvalue weighted by molar-refractivity contribution is 6.33. The number of rotatable bonds is 2. The van der Waals surface area contributed by atoms with Crippen molar-refractivity contribution in [2.24, 2.45) is 5.92 Å². The Labute approximate surface area is 121 Å². The summed E-state index contributed by atoms with van der Waals surface area (Å²) in [6.45, 7) is 2.23. The molecule has 0 radical (unpaired) electrons. The van der Waals surface area contributed by atoms with Crippen LogP contribution in [0.25, 0.3) is 0 Å².